The van der Waals surface area contributed by atoms with Gasteiger partial charge in [0.25, 0.3) is 0 Å². The summed E-state index contributed by atoms with van der Waals surface area (Å²) in [7, 11) is 0. The van der Waals surface area contributed by atoms with E-state index < -0.39 is 5.54 Å². The van der Waals surface area contributed by atoms with Gasteiger partial charge in [0.1, 0.15) is 5.54 Å². The van der Waals surface area contributed by atoms with Gasteiger partial charge >= 0.3 is 0 Å². The fourth-order valence-electron chi connectivity index (χ4n) is 2.10. The number of aromatic nitrogens is 3. The van der Waals surface area contributed by atoms with Crippen molar-refractivity contribution in [3.63, 3.8) is 0 Å². The Morgan fingerprint density at radius 3 is 2.64 bits per heavy atom. The molecule has 2 rings (SSSR count). The zero-order chi connectivity index (χ0) is 18.4. The quantitative estimate of drug-likeness (QED) is 0.742. The zero-order valence-electron chi connectivity index (χ0n) is 15.0. The molecule has 0 unspecified atom stereocenters. The Balaban J connectivity index is 1.95. The number of rotatable bonds is 7. The van der Waals surface area contributed by atoms with Crippen LogP contribution in [0.3, 0.4) is 0 Å². The molecular weight excluding hydrogens is 334 g/mol. The molecule has 0 radical (unpaired) electrons. The average molecular weight is 357 g/mol. The number of amides is 1. The van der Waals surface area contributed by atoms with Gasteiger partial charge in [-0.25, -0.2) is 4.98 Å². The topological polar surface area (TPSA) is 94.5 Å². The molecule has 132 valence electrons. The Labute approximate surface area is 152 Å². The molecule has 7 heteroatoms. The molecule has 1 amide bonds. The van der Waals surface area contributed by atoms with Crippen LogP contribution in [0.25, 0.3) is 11.4 Å². The van der Waals surface area contributed by atoms with Gasteiger partial charge in [-0.2, -0.15) is 5.26 Å². The lowest BCUT2D eigenvalue weighted by atomic mass is 9.90. The molecule has 0 saturated carbocycles. The molecule has 1 heterocycles. The predicted octanol–water partition coefficient (Wildman–Crippen LogP) is 3.18. The third-order valence-electron chi connectivity index (χ3n) is 4.22. The van der Waals surface area contributed by atoms with E-state index in [0.29, 0.717) is 11.0 Å². The minimum Gasteiger partial charge on any atom is -0.337 e. The third-order valence-corrected chi connectivity index (χ3v) is 5.07. The number of nitriles is 1. The Morgan fingerprint density at radius 1 is 1.40 bits per heavy atom. The maximum absolute atomic E-state index is 12.1. The summed E-state index contributed by atoms with van der Waals surface area (Å²) in [6.07, 6.45) is 0.991. The van der Waals surface area contributed by atoms with Gasteiger partial charge < -0.3 is 5.32 Å². The highest BCUT2D eigenvalue weighted by Crippen LogP contribution is 2.20. The lowest BCUT2D eigenvalue weighted by molar-refractivity contribution is -0.120. The molecule has 0 aliphatic rings. The van der Waals surface area contributed by atoms with E-state index in [1.807, 2.05) is 26.0 Å². The van der Waals surface area contributed by atoms with Crippen molar-refractivity contribution < 1.29 is 4.79 Å². The van der Waals surface area contributed by atoms with Crippen LogP contribution in [-0.2, 0) is 11.2 Å². The molecule has 25 heavy (non-hydrogen) atoms. The van der Waals surface area contributed by atoms with E-state index in [1.165, 1.54) is 17.3 Å². The fourth-order valence-corrected chi connectivity index (χ4v) is 2.69. The molecule has 1 aromatic heterocycles. The SMILES string of the molecule is CCc1ccc(-c2nc(SCC(=O)N[C@@](C)(C#N)C(C)C)n[nH]2)cc1. The van der Waals surface area contributed by atoms with Crippen LogP contribution in [0.4, 0.5) is 0 Å². The standard InChI is InChI=1S/C18H23N5OS/c1-5-13-6-8-14(9-7-13)16-20-17(23-22-16)25-10-15(24)21-18(4,11-19)12(2)3/h6-9,12H,5,10H2,1-4H3,(H,21,24)(H,20,22,23)/t18-/m0/s1. The molecule has 0 fully saturated rings. The Bertz CT molecular complexity index is 763. The number of benzene rings is 1. The molecule has 1 aromatic carbocycles. The maximum Gasteiger partial charge on any atom is 0.231 e. The molecule has 0 bridgehead atoms. The largest absolute Gasteiger partial charge is 0.337 e. The van der Waals surface area contributed by atoms with Crippen molar-refractivity contribution in [2.24, 2.45) is 5.92 Å². The highest BCUT2D eigenvalue weighted by molar-refractivity contribution is 7.99. The Kier molecular flexibility index (Phi) is 6.21. The summed E-state index contributed by atoms with van der Waals surface area (Å²) in [6, 6.07) is 10.3. The number of thioether (sulfide) groups is 1. The van der Waals surface area contributed by atoms with Gasteiger partial charge in [-0.05, 0) is 24.8 Å². The summed E-state index contributed by atoms with van der Waals surface area (Å²) in [5.74, 6) is 0.652. The summed E-state index contributed by atoms with van der Waals surface area (Å²) in [5.41, 5.74) is 1.35. The number of nitrogens with zero attached hydrogens (tertiary/aromatic N) is 3. The van der Waals surface area contributed by atoms with E-state index in [0.717, 1.165) is 12.0 Å². The second kappa shape index (κ2) is 8.17. The molecule has 0 saturated heterocycles. The van der Waals surface area contributed by atoms with Crippen LogP contribution in [0.1, 0.15) is 33.3 Å². The van der Waals surface area contributed by atoms with Crippen LogP contribution in [-0.4, -0.2) is 32.4 Å². The first-order chi connectivity index (χ1) is 11.9. The molecule has 2 aromatic rings. The lowest BCUT2D eigenvalue weighted by Crippen LogP contribution is -2.49. The molecule has 0 spiro atoms. The van der Waals surface area contributed by atoms with E-state index in [4.69, 9.17) is 0 Å². The van der Waals surface area contributed by atoms with Crippen LogP contribution in [0.5, 0.6) is 0 Å². The van der Waals surface area contributed by atoms with Crippen LogP contribution in [0.2, 0.25) is 0 Å². The van der Waals surface area contributed by atoms with Crippen molar-refractivity contribution in [2.75, 3.05) is 5.75 Å². The Morgan fingerprint density at radius 2 is 2.08 bits per heavy atom. The molecule has 2 N–H and O–H groups in total. The smallest absolute Gasteiger partial charge is 0.231 e. The monoisotopic (exact) mass is 357 g/mol. The van der Waals surface area contributed by atoms with Gasteiger partial charge in [0.05, 0.1) is 11.8 Å². The second-order valence-electron chi connectivity index (χ2n) is 6.32. The summed E-state index contributed by atoms with van der Waals surface area (Å²) in [5, 5.41) is 19.6. The highest BCUT2D eigenvalue weighted by atomic mass is 32.2. The number of aromatic amines is 1. The van der Waals surface area contributed by atoms with Gasteiger partial charge in [0.15, 0.2) is 5.82 Å². The number of hydrogen-bond donors (Lipinski definition) is 2. The fraction of sp³-hybridized carbons (Fsp3) is 0.444. The van der Waals surface area contributed by atoms with Crippen LogP contribution >= 0.6 is 11.8 Å². The van der Waals surface area contributed by atoms with E-state index in [-0.39, 0.29) is 17.6 Å². The first-order valence-electron chi connectivity index (χ1n) is 8.24. The van der Waals surface area contributed by atoms with Crippen LogP contribution in [0.15, 0.2) is 29.4 Å². The lowest BCUT2D eigenvalue weighted by Gasteiger charge is -2.27. The van der Waals surface area contributed by atoms with Gasteiger partial charge in [-0.1, -0.05) is 56.8 Å². The third kappa shape index (κ3) is 4.83. The Hall–Kier alpha value is -2.33. The van der Waals surface area contributed by atoms with Crippen molar-refractivity contribution in [2.45, 2.75) is 44.8 Å². The van der Waals surface area contributed by atoms with Crippen LogP contribution in [0, 0.1) is 17.2 Å². The average Bonchev–Trinajstić information content (AvgIpc) is 3.08. The molecule has 0 aliphatic carbocycles. The van der Waals surface area contributed by atoms with E-state index in [9.17, 15) is 10.1 Å². The zero-order valence-corrected chi connectivity index (χ0v) is 15.8. The number of aryl methyl sites for hydroxylation is 1. The van der Waals surface area contributed by atoms with Crippen molar-refractivity contribution >= 4 is 17.7 Å². The molecular formula is C18H23N5OS. The van der Waals surface area contributed by atoms with Gasteiger partial charge in [-0.15, -0.1) is 5.10 Å². The van der Waals surface area contributed by atoms with Crippen molar-refractivity contribution in [3.05, 3.63) is 29.8 Å². The summed E-state index contributed by atoms with van der Waals surface area (Å²) in [4.78, 5) is 16.5. The van der Waals surface area contributed by atoms with Gasteiger partial charge in [0.2, 0.25) is 11.1 Å². The normalized spacial score (nSPS) is 13.3. The van der Waals surface area contributed by atoms with Crippen LogP contribution < -0.4 is 5.32 Å². The van der Waals surface area contributed by atoms with Gasteiger partial charge in [0, 0.05) is 5.56 Å². The minimum absolute atomic E-state index is 0.0210. The number of hydrogen-bond acceptors (Lipinski definition) is 5. The second-order valence-corrected chi connectivity index (χ2v) is 7.27. The van der Waals surface area contributed by atoms with Crippen molar-refractivity contribution in [1.29, 1.82) is 5.26 Å². The van der Waals surface area contributed by atoms with Crippen molar-refractivity contribution in [1.82, 2.24) is 20.5 Å². The predicted molar refractivity (Wildman–Crippen MR) is 98.9 cm³/mol. The number of H-pyrrole nitrogens is 1. The van der Waals surface area contributed by atoms with E-state index >= 15 is 0 Å². The maximum atomic E-state index is 12.1. The summed E-state index contributed by atoms with van der Waals surface area (Å²) < 4.78 is 0. The first-order valence-corrected chi connectivity index (χ1v) is 9.23. The minimum atomic E-state index is -0.872. The van der Waals surface area contributed by atoms with E-state index in [2.05, 4.69) is 45.6 Å². The highest BCUT2D eigenvalue weighted by Gasteiger charge is 2.29. The molecule has 0 aliphatic heterocycles. The number of carbonyl (C=O) groups is 1. The summed E-state index contributed by atoms with van der Waals surface area (Å²) >= 11 is 1.24. The number of nitrogens with one attached hydrogen (secondary N) is 2. The van der Waals surface area contributed by atoms with Gasteiger partial charge in [-0.3, -0.25) is 9.89 Å². The first kappa shape index (κ1) is 19.0. The summed E-state index contributed by atoms with van der Waals surface area (Å²) in [6.45, 7) is 7.65. The van der Waals surface area contributed by atoms with Crippen molar-refractivity contribution in [3.8, 4) is 17.5 Å². The molecule has 6 nitrogen and oxygen atoms in total. The molecule has 1 atom stereocenters. The van der Waals surface area contributed by atoms with E-state index in [1.54, 1.807) is 6.92 Å². The number of carbonyl (C=O) groups excluding carboxylic acids is 1.